The third-order valence-corrected chi connectivity index (χ3v) is 6.17. The molecule has 3 N–H and O–H groups in total. The van der Waals surface area contributed by atoms with Crippen molar-refractivity contribution in [1.82, 2.24) is 19.7 Å². The van der Waals surface area contributed by atoms with Crippen molar-refractivity contribution >= 4 is 11.5 Å². The van der Waals surface area contributed by atoms with Crippen LogP contribution in [0.3, 0.4) is 0 Å². The van der Waals surface area contributed by atoms with E-state index in [1.165, 1.54) is 25.7 Å². The summed E-state index contributed by atoms with van der Waals surface area (Å²) in [4.78, 5) is 8.65. The van der Waals surface area contributed by atoms with Crippen molar-refractivity contribution in [2.45, 2.75) is 43.7 Å². The number of nitrogens with two attached hydrogens (primary N) is 1. The molecule has 0 aromatic carbocycles. The molecular formula is C17H22N6O. The van der Waals surface area contributed by atoms with Crippen LogP contribution in [0.1, 0.15) is 32.1 Å². The third kappa shape index (κ3) is 1.90. The second kappa shape index (κ2) is 5.17. The van der Waals surface area contributed by atoms with Crippen molar-refractivity contribution in [2.75, 3.05) is 17.7 Å². The molecule has 2 saturated carbocycles. The van der Waals surface area contributed by atoms with Gasteiger partial charge in [-0.1, -0.05) is 0 Å². The van der Waals surface area contributed by atoms with Crippen LogP contribution in [0, 0.1) is 11.8 Å². The second-order valence-corrected chi connectivity index (χ2v) is 7.18. The van der Waals surface area contributed by atoms with Gasteiger partial charge in [0, 0.05) is 31.0 Å². The van der Waals surface area contributed by atoms with Gasteiger partial charge in [0.25, 0.3) is 0 Å². The van der Waals surface area contributed by atoms with E-state index in [0.29, 0.717) is 29.3 Å². The molecule has 0 amide bonds. The van der Waals surface area contributed by atoms with Gasteiger partial charge in [-0.25, -0.2) is 14.6 Å². The fourth-order valence-electron chi connectivity index (χ4n) is 5.02. The first kappa shape index (κ1) is 14.2. The zero-order chi connectivity index (χ0) is 16.1. The molecule has 4 unspecified atom stereocenters. The standard InChI is InChI=1S/C17H22N6O/c18-14-15(19-10-20-16(14)23-7-2-6-21-23)22-13-3-1-5-17-11(4-8-24-17)9-12(13)17/h2,6-7,10-13H,1,3-5,8-9,18H2,(H,19,20,22). The van der Waals surface area contributed by atoms with Crippen molar-refractivity contribution in [3.8, 4) is 5.82 Å². The van der Waals surface area contributed by atoms with Crippen LogP contribution >= 0.6 is 0 Å². The van der Waals surface area contributed by atoms with Crippen LogP contribution in [0.2, 0.25) is 0 Å². The lowest BCUT2D eigenvalue weighted by Gasteiger charge is -2.57. The first-order valence-corrected chi connectivity index (χ1v) is 8.79. The summed E-state index contributed by atoms with van der Waals surface area (Å²) in [6.07, 6.45) is 11.1. The molecule has 3 fully saturated rings. The number of nitrogen functional groups attached to an aromatic ring is 1. The molecule has 2 aliphatic carbocycles. The highest BCUT2D eigenvalue weighted by atomic mass is 16.5. The first-order valence-electron chi connectivity index (χ1n) is 8.79. The third-order valence-electron chi connectivity index (χ3n) is 6.17. The molecule has 3 aliphatic rings. The monoisotopic (exact) mass is 326 g/mol. The smallest absolute Gasteiger partial charge is 0.181 e. The quantitative estimate of drug-likeness (QED) is 0.896. The van der Waals surface area contributed by atoms with E-state index in [1.807, 2.05) is 12.3 Å². The van der Waals surface area contributed by atoms with E-state index in [0.717, 1.165) is 18.9 Å². The van der Waals surface area contributed by atoms with Gasteiger partial charge >= 0.3 is 0 Å². The van der Waals surface area contributed by atoms with Gasteiger partial charge in [-0.3, -0.25) is 0 Å². The first-order chi connectivity index (χ1) is 11.8. The molecule has 0 radical (unpaired) electrons. The minimum absolute atomic E-state index is 0.128. The van der Waals surface area contributed by atoms with Crippen molar-refractivity contribution in [3.05, 3.63) is 24.8 Å². The molecule has 126 valence electrons. The molecule has 4 atom stereocenters. The van der Waals surface area contributed by atoms with Crippen molar-refractivity contribution in [3.63, 3.8) is 0 Å². The van der Waals surface area contributed by atoms with Gasteiger partial charge in [0.05, 0.1) is 5.60 Å². The molecule has 0 bridgehead atoms. The van der Waals surface area contributed by atoms with Gasteiger partial charge in [-0.15, -0.1) is 0 Å². The Morgan fingerprint density at radius 2 is 2.29 bits per heavy atom. The number of aromatic nitrogens is 4. The Hall–Kier alpha value is -2.15. The minimum Gasteiger partial charge on any atom is -0.393 e. The predicted octanol–water partition coefficient (Wildman–Crippen LogP) is 2.00. The number of nitrogens with zero attached hydrogens (tertiary/aromatic N) is 4. The van der Waals surface area contributed by atoms with E-state index < -0.39 is 0 Å². The number of hydrogen-bond acceptors (Lipinski definition) is 6. The Balaban J connectivity index is 1.41. The number of hydrogen-bond donors (Lipinski definition) is 2. The maximum absolute atomic E-state index is 6.32. The van der Waals surface area contributed by atoms with Crippen LogP contribution in [0.4, 0.5) is 11.5 Å². The topological polar surface area (TPSA) is 90.9 Å². The van der Waals surface area contributed by atoms with Gasteiger partial charge < -0.3 is 15.8 Å². The van der Waals surface area contributed by atoms with Gasteiger partial charge in [-0.05, 0) is 44.1 Å². The maximum Gasteiger partial charge on any atom is 0.181 e. The Morgan fingerprint density at radius 3 is 3.12 bits per heavy atom. The highest BCUT2D eigenvalue weighted by Gasteiger charge is 2.62. The molecule has 3 heterocycles. The van der Waals surface area contributed by atoms with Crippen LogP contribution in [0.15, 0.2) is 24.8 Å². The fourth-order valence-corrected chi connectivity index (χ4v) is 5.02. The van der Waals surface area contributed by atoms with Crippen LogP contribution in [-0.4, -0.2) is 38.0 Å². The normalized spacial score (nSPS) is 34.2. The number of anilines is 2. The van der Waals surface area contributed by atoms with Crippen LogP contribution < -0.4 is 11.1 Å². The van der Waals surface area contributed by atoms with Crippen molar-refractivity contribution < 1.29 is 4.74 Å². The lowest BCUT2D eigenvalue weighted by atomic mass is 9.53. The Morgan fingerprint density at radius 1 is 1.33 bits per heavy atom. The molecule has 1 aliphatic heterocycles. The van der Waals surface area contributed by atoms with Gasteiger partial charge in [0.2, 0.25) is 0 Å². The van der Waals surface area contributed by atoms with E-state index in [-0.39, 0.29) is 5.60 Å². The lowest BCUT2D eigenvalue weighted by molar-refractivity contribution is -0.160. The molecule has 24 heavy (non-hydrogen) atoms. The summed E-state index contributed by atoms with van der Waals surface area (Å²) in [6, 6.07) is 2.22. The zero-order valence-electron chi connectivity index (χ0n) is 13.6. The van der Waals surface area contributed by atoms with E-state index in [2.05, 4.69) is 20.4 Å². The molecule has 7 nitrogen and oxygen atoms in total. The molecule has 7 heteroatoms. The molecular weight excluding hydrogens is 304 g/mol. The van der Waals surface area contributed by atoms with Gasteiger partial charge in [0.15, 0.2) is 11.6 Å². The van der Waals surface area contributed by atoms with Gasteiger partial charge in [0.1, 0.15) is 12.0 Å². The molecule has 5 rings (SSSR count). The molecule has 1 saturated heterocycles. The number of nitrogens with one attached hydrogen (secondary N) is 1. The SMILES string of the molecule is Nc1c(NC2CCCC34OCCC3CC24)ncnc1-n1cccn1. The van der Waals surface area contributed by atoms with E-state index >= 15 is 0 Å². The van der Waals surface area contributed by atoms with E-state index in [4.69, 9.17) is 10.5 Å². The number of ether oxygens (including phenoxy) is 1. The average Bonchev–Trinajstić information content (AvgIpc) is 3.18. The van der Waals surface area contributed by atoms with E-state index in [1.54, 1.807) is 17.2 Å². The summed E-state index contributed by atoms with van der Waals surface area (Å²) in [5.41, 5.74) is 6.99. The van der Waals surface area contributed by atoms with Crippen LogP contribution in [-0.2, 0) is 4.74 Å². The number of rotatable bonds is 3. The highest BCUT2D eigenvalue weighted by molar-refractivity contribution is 5.69. The summed E-state index contributed by atoms with van der Waals surface area (Å²) < 4.78 is 7.88. The second-order valence-electron chi connectivity index (χ2n) is 7.18. The summed E-state index contributed by atoms with van der Waals surface area (Å²) in [5.74, 6) is 2.65. The molecule has 2 aromatic heterocycles. The minimum atomic E-state index is 0.128. The lowest BCUT2D eigenvalue weighted by Crippen LogP contribution is -2.61. The molecule has 1 spiro atoms. The van der Waals surface area contributed by atoms with Crippen LogP contribution in [0.25, 0.3) is 5.82 Å². The highest BCUT2D eigenvalue weighted by Crippen LogP contribution is 2.59. The Kier molecular flexibility index (Phi) is 3.06. The zero-order valence-corrected chi connectivity index (χ0v) is 13.6. The fraction of sp³-hybridized carbons (Fsp3) is 0.588. The average molecular weight is 326 g/mol. The predicted molar refractivity (Wildman–Crippen MR) is 89.7 cm³/mol. The summed E-state index contributed by atoms with van der Waals surface area (Å²) in [5, 5.41) is 7.81. The van der Waals surface area contributed by atoms with E-state index in [9.17, 15) is 0 Å². The summed E-state index contributed by atoms with van der Waals surface area (Å²) >= 11 is 0. The largest absolute Gasteiger partial charge is 0.393 e. The van der Waals surface area contributed by atoms with Gasteiger partial charge in [-0.2, -0.15) is 5.10 Å². The summed E-state index contributed by atoms with van der Waals surface area (Å²) in [7, 11) is 0. The van der Waals surface area contributed by atoms with Crippen molar-refractivity contribution in [1.29, 1.82) is 0 Å². The Bertz CT molecular complexity index is 748. The maximum atomic E-state index is 6.32. The van der Waals surface area contributed by atoms with Crippen LogP contribution in [0.5, 0.6) is 0 Å². The Labute approximate surface area is 140 Å². The summed E-state index contributed by atoms with van der Waals surface area (Å²) in [6.45, 7) is 0.924. The van der Waals surface area contributed by atoms with Crippen molar-refractivity contribution in [2.24, 2.45) is 11.8 Å². The molecule has 2 aromatic rings.